The number of aliphatic hydroxyl groups excluding tert-OH is 1. The highest BCUT2D eigenvalue weighted by Crippen LogP contribution is 1.88. The summed E-state index contributed by atoms with van der Waals surface area (Å²) in [6.45, 7) is 4.22. The minimum Gasteiger partial charge on any atom is -0.392 e. The number of rotatable bonds is 6. The average Bonchev–Trinajstić information content (AvgIpc) is 1.97. The summed E-state index contributed by atoms with van der Waals surface area (Å²) in [5.74, 6) is 0. The van der Waals surface area contributed by atoms with Crippen LogP contribution >= 0.6 is 0 Å². The molecular formula is C7H17NO2. The molecule has 3 nitrogen and oxygen atoms in total. The molecule has 0 rings (SSSR count). The number of hydrogen-bond donors (Lipinski definition) is 2. The van der Waals surface area contributed by atoms with Crippen LogP contribution in [0.4, 0.5) is 0 Å². The van der Waals surface area contributed by atoms with Gasteiger partial charge >= 0.3 is 0 Å². The second kappa shape index (κ2) is 6.99. The molecule has 0 aromatic heterocycles. The van der Waals surface area contributed by atoms with Crippen LogP contribution in [0.25, 0.3) is 0 Å². The largest absolute Gasteiger partial charge is 0.392 e. The average molecular weight is 147 g/mol. The van der Waals surface area contributed by atoms with Gasteiger partial charge in [0, 0.05) is 20.3 Å². The molecule has 0 bridgehead atoms. The second-order valence-electron chi connectivity index (χ2n) is 2.24. The van der Waals surface area contributed by atoms with Crippen molar-refractivity contribution in [2.24, 2.45) is 0 Å². The lowest BCUT2D eigenvalue weighted by atomic mass is 10.2. The first-order valence-electron chi connectivity index (χ1n) is 3.69. The Morgan fingerprint density at radius 3 is 2.80 bits per heavy atom. The van der Waals surface area contributed by atoms with Crippen LogP contribution in [0.5, 0.6) is 0 Å². The third-order valence-corrected chi connectivity index (χ3v) is 1.29. The van der Waals surface area contributed by atoms with E-state index >= 15 is 0 Å². The molecule has 3 heteroatoms. The lowest BCUT2D eigenvalue weighted by Gasteiger charge is -2.09. The Bertz CT molecular complexity index is 60.6. The van der Waals surface area contributed by atoms with Crippen molar-refractivity contribution in [1.29, 1.82) is 0 Å². The molecule has 0 radical (unpaired) electrons. The Morgan fingerprint density at radius 2 is 2.30 bits per heavy atom. The predicted molar refractivity (Wildman–Crippen MR) is 41.0 cm³/mol. The molecule has 1 atom stereocenters. The highest BCUT2D eigenvalue weighted by molar-refractivity contribution is 4.57. The maximum absolute atomic E-state index is 9.17. The van der Waals surface area contributed by atoms with E-state index in [4.69, 9.17) is 9.84 Å². The fourth-order valence-corrected chi connectivity index (χ4v) is 0.667. The number of hydrogen-bond acceptors (Lipinski definition) is 3. The summed E-state index contributed by atoms with van der Waals surface area (Å²) in [4.78, 5) is 0. The molecule has 0 spiro atoms. The fraction of sp³-hybridized carbons (Fsp3) is 1.00. The minimum atomic E-state index is -0.264. The van der Waals surface area contributed by atoms with Crippen LogP contribution in [0.3, 0.4) is 0 Å². The van der Waals surface area contributed by atoms with E-state index < -0.39 is 0 Å². The molecule has 0 saturated carbocycles. The third-order valence-electron chi connectivity index (χ3n) is 1.29. The topological polar surface area (TPSA) is 41.5 Å². The minimum absolute atomic E-state index is 0.264. The SMILES string of the molecule is CCNCC(O)CCOC. The first-order chi connectivity index (χ1) is 4.81. The van der Waals surface area contributed by atoms with E-state index in [1.165, 1.54) is 0 Å². The molecule has 0 aromatic carbocycles. The van der Waals surface area contributed by atoms with E-state index in [2.05, 4.69) is 5.32 Å². The zero-order valence-corrected chi connectivity index (χ0v) is 6.76. The summed E-state index contributed by atoms with van der Waals surface area (Å²) in [5, 5.41) is 12.2. The number of methoxy groups -OCH3 is 1. The maximum atomic E-state index is 9.17. The molecular weight excluding hydrogens is 130 g/mol. The molecule has 62 valence electrons. The number of likely N-dealkylation sites (N-methyl/N-ethyl adjacent to an activating group) is 1. The van der Waals surface area contributed by atoms with E-state index in [1.807, 2.05) is 6.92 Å². The molecule has 0 aliphatic rings. The van der Waals surface area contributed by atoms with Gasteiger partial charge in [0.05, 0.1) is 6.10 Å². The highest BCUT2D eigenvalue weighted by atomic mass is 16.5. The Labute approximate surface area is 62.4 Å². The van der Waals surface area contributed by atoms with Crippen LogP contribution < -0.4 is 5.32 Å². The molecule has 0 aromatic rings. The van der Waals surface area contributed by atoms with Crippen LogP contribution in [-0.4, -0.2) is 38.0 Å². The molecule has 0 heterocycles. The van der Waals surface area contributed by atoms with Crippen LogP contribution in [0.2, 0.25) is 0 Å². The molecule has 0 fully saturated rings. The van der Waals surface area contributed by atoms with Crippen molar-refractivity contribution in [3.63, 3.8) is 0 Å². The van der Waals surface area contributed by atoms with Crippen molar-refractivity contribution in [2.75, 3.05) is 26.8 Å². The normalized spacial score (nSPS) is 13.5. The first kappa shape index (κ1) is 9.88. The maximum Gasteiger partial charge on any atom is 0.0686 e. The van der Waals surface area contributed by atoms with E-state index in [0.29, 0.717) is 19.6 Å². The van der Waals surface area contributed by atoms with Gasteiger partial charge in [-0.1, -0.05) is 6.92 Å². The van der Waals surface area contributed by atoms with Gasteiger partial charge in [0.15, 0.2) is 0 Å². The van der Waals surface area contributed by atoms with E-state index in [9.17, 15) is 0 Å². The van der Waals surface area contributed by atoms with Gasteiger partial charge in [-0.25, -0.2) is 0 Å². The Kier molecular flexibility index (Phi) is 6.91. The lowest BCUT2D eigenvalue weighted by molar-refractivity contribution is 0.109. The zero-order valence-electron chi connectivity index (χ0n) is 6.76. The van der Waals surface area contributed by atoms with Crippen molar-refractivity contribution in [2.45, 2.75) is 19.4 Å². The summed E-state index contributed by atoms with van der Waals surface area (Å²) < 4.78 is 4.80. The Morgan fingerprint density at radius 1 is 1.60 bits per heavy atom. The van der Waals surface area contributed by atoms with Crippen molar-refractivity contribution in [3.05, 3.63) is 0 Å². The number of nitrogens with one attached hydrogen (secondary N) is 1. The second-order valence-corrected chi connectivity index (χ2v) is 2.24. The fourth-order valence-electron chi connectivity index (χ4n) is 0.667. The van der Waals surface area contributed by atoms with Crippen LogP contribution in [0, 0.1) is 0 Å². The molecule has 0 aliphatic carbocycles. The van der Waals surface area contributed by atoms with E-state index in [-0.39, 0.29) is 6.10 Å². The van der Waals surface area contributed by atoms with Gasteiger partial charge in [-0.2, -0.15) is 0 Å². The standard InChI is InChI=1S/C7H17NO2/c1-3-8-6-7(9)4-5-10-2/h7-9H,3-6H2,1-2H3. The highest BCUT2D eigenvalue weighted by Gasteiger charge is 2.00. The smallest absolute Gasteiger partial charge is 0.0686 e. The molecule has 0 amide bonds. The van der Waals surface area contributed by atoms with Crippen molar-refractivity contribution < 1.29 is 9.84 Å². The molecule has 1 unspecified atom stereocenters. The van der Waals surface area contributed by atoms with Gasteiger partial charge in [-0.05, 0) is 13.0 Å². The Balaban J connectivity index is 3.00. The summed E-state index contributed by atoms with van der Waals surface area (Å²) in [6, 6.07) is 0. The van der Waals surface area contributed by atoms with Gasteiger partial charge in [0.2, 0.25) is 0 Å². The summed E-state index contributed by atoms with van der Waals surface area (Å²) >= 11 is 0. The summed E-state index contributed by atoms with van der Waals surface area (Å²) in [6.07, 6.45) is 0.448. The molecule has 0 saturated heterocycles. The predicted octanol–water partition coefficient (Wildman–Crippen LogP) is -0.00670. The molecule has 0 aliphatic heterocycles. The monoisotopic (exact) mass is 147 g/mol. The Hall–Kier alpha value is -0.120. The van der Waals surface area contributed by atoms with Gasteiger partial charge < -0.3 is 15.2 Å². The number of ether oxygens (including phenoxy) is 1. The first-order valence-corrected chi connectivity index (χ1v) is 3.69. The molecule has 10 heavy (non-hydrogen) atoms. The summed E-state index contributed by atoms with van der Waals surface area (Å²) in [5.41, 5.74) is 0. The van der Waals surface area contributed by atoms with Crippen LogP contribution in [0.1, 0.15) is 13.3 Å². The van der Waals surface area contributed by atoms with Crippen molar-refractivity contribution >= 4 is 0 Å². The van der Waals surface area contributed by atoms with Crippen LogP contribution in [-0.2, 0) is 4.74 Å². The summed E-state index contributed by atoms with van der Waals surface area (Å²) in [7, 11) is 1.64. The third kappa shape index (κ3) is 6.01. The van der Waals surface area contributed by atoms with Crippen molar-refractivity contribution in [3.8, 4) is 0 Å². The zero-order chi connectivity index (χ0) is 7.82. The molecule has 2 N–H and O–H groups in total. The van der Waals surface area contributed by atoms with Crippen LogP contribution in [0.15, 0.2) is 0 Å². The van der Waals surface area contributed by atoms with Crippen molar-refractivity contribution in [1.82, 2.24) is 5.32 Å². The van der Waals surface area contributed by atoms with Gasteiger partial charge in [0.25, 0.3) is 0 Å². The number of aliphatic hydroxyl groups is 1. The van der Waals surface area contributed by atoms with E-state index in [1.54, 1.807) is 7.11 Å². The quantitative estimate of drug-likeness (QED) is 0.555. The van der Waals surface area contributed by atoms with Gasteiger partial charge in [-0.3, -0.25) is 0 Å². The lowest BCUT2D eigenvalue weighted by Crippen LogP contribution is -2.27. The van der Waals surface area contributed by atoms with Gasteiger partial charge in [-0.15, -0.1) is 0 Å². The van der Waals surface area contributed by atoms with Gasteiger partial charge in [0.1, 0.15) is 0 Å². The van der Waals surface area contributed by atoms with E-state index in [0.717, 1.165) is 6.54 Å².